The van der Waals surface area contributed by atoms with Gasteiger partial charge in [0.2, 0.25) is 10.0 Å². The maximum Gasteiger partial charge on any atom is 0.246 e. The molecule has 1 fully saturated rings. The number of hydrogen-bond acceptors (Lipinski definition) is 4. The average molecular weight is 337 g/mol. The molecule has 1 aliphatic rings. The number of aliphatic hydroxyl groups is 1. The molecule has 0 radical (unpaired) electrons. The molecule has 3 N–H and O–H groups in total. The second-order valence-electron chi connectivity index (χ2n) is 5.09. The molecule has 0 saturated heterocycles. The van der Waals surface area contributed by atoms with E-state index in [-0.39, 0.29) is 29.9 Å². The van der Waals surface area contributed by atoms with E-state index in [4.69, 9.17) is 22.4 Å². The van der Waals surface area contributed by atoms with E-state index < -0.39 is 20.7 Å². The van der Waals surface area contributed by atoms with Crippen molar-refractivity contribution in [1.82, 2.24) is 4.31 Å². The van der Waals surface area contributed by atoms with Crippen LogP contribution in [0, 0.1) is 5.82 Å². The Morgan fingerprint density at radius 1 is 1.43 bits per heavy atom. The van der Waals surface area contributed by atoms with Crippen molar-refractivity contribution >= 4 is 27.3 Å². The SMILES string of the molecule is Nc1cc(Cl)c(F)c(S(=O)(=O)N(CCCO)C2CCC2)c1. The van der Waals surface area contributed by atoms with E-state index in [1.54, 1.807) is 0 Å². The molecule has 21 heavy (non-hydrogen) atoms. The van der Waals surface area contributed by atoms with Crippen LogP contribution in [0.25, 0.3) is 0 Å². The number of halogens is 2. The zero-order valence-corrected chi connectivity index (χ0v) is 13.0. The highest BCUT2D eigenvalue weighted by Crippen LogP contribution is 2.33. The highest BCUT2D eigenvalue weighted by atomic mass is 35.5. The molecule has 1 saturated carbocycles. The van der Waals surface area contributed by atoms with Gasteiger partial charge in [-0.25, -0.2) is 12.8 Å². The molecule has 0 atom stereocenters. The first-order valence-corrected chi connectivity index (χ1v) is 8.57. The first-order chi connectivity index (χ1) is 9.87. The molecule has 0 aliphatic heterocycles. The second-order valence-corrected chi connectivity index (χ2v) is 7.36. The Balaban J connectivity index is 2.42. The monoisotopic (exact) mass is 336 g/mol. The van der Waals surface area contributed by atoms with Crippen LogP contribution in [0.3, 0.4) is 0 Å². The highest BCUT2D eigenvalue weighted by molar-refractivity contribution is 7.89. The van der Waals surface area contributed by atoms with Crippen LogP contribution in [0.5, 0.6) is 0 Å². The molecule has 1 aromatic carbocycles. The zero-order valence-electron chi connectivity index (χ0n) is 11.4. The summed E-state index contributed by atoms with van der Waals surface area (Å²) >= 11 is 5.68. The molecule has 118 valence electrons. The number of hydrogen-bond donors (Lipinski definition) is 2. The number of aliphatic hydroxyl groups excluding tert-OH is 1. The van der Waals surface area contributed by atoms with Crippen molar-refractivity contribution in [3.05, 3.63) is 23.0 Å². The molecule has 0 unspecified atom stereocenters. The summed E-state index contributed by atoms with van der Waals surface area (Å²) in [4.78, 5) is -0.502. The zero-order chi connectivity index (χ0) is 15.6. The van der Waals surface area contributed by atoms with E-state index in [0.717, 1.165) is 25.3 Å². The summed E-state index contributed by atoms with van der Waals surface area (Å²) in [5, 5.41) is 8.61. The largest absolute Gasteiger partial charge is 0.399 e. The van der Waals surface area contributed by atoms with Gasteiger partial charge >= 0.3 is 0 Å². The van der Waals surface area contributed by atoms with Crippen LogP contribution in [0.4, 0.5) is 10.1 Å². The van der Waals surface area contributed by atoms with Crippen LogP contribution in [-0.4, -0.2) is 37.0 Å². The van der Waals surface area contributed by atoms with Crippen molar-refractivity contribution in [2.75, 3.05) is 18.9 Å². The standard InChI is InChI=1S/C13H18ClFN2O3S/c14-11-7-9(16)8-12(13(11)15)21(19,20)17(5-2-6-18)10-3-1-4-10/h7-8,10,18H,1-6,16H2. The summed E-state index contributed by atoms with van der Waals surface area (Å²) in [6, 6.07) is 2.11. The summed E-state index contributed by atoms with van der Waals surface area (Å²) < 4.78 is 40.7. The van der Waals surface area contributed by atoms with Crippen LogP contribution < -0.4 is 5.73 Å². The Morgan fingerprint density at radius 2 is 2.10 bits per heavy atom. The van der Waals surface area contributed by atoms with Gasteiger partial charge in [0.1, 0.15) is 4.90 Å². The lowest BCUT2D eigenvalue weighted by Crippen LogP contribution is -2.45. The molecular weight excluding hydrogens is 319 g/mol. The summed E-state index contributed by atoms with van der Waals surface area (Å²) in [5.41, 5.74) is 5.67. The van der Waals surface area contributed by atoms with Crippen molar-refractivity contribution in [2.24, 2.45) is 0 Å². The van der Waals surface area contributed by atoms with Gasteiger partial charge in [-0.2, -0.15) is 4.31 Å². The minimum absolute atomic E-state index is 0.0932. The first kappa shape index (κ1) is 16.5. The fourth-order valence-corrected chi connectivity index (χ4v) is 4.43. The Bertz CT molecular complexity index is 620. The molecule has 2 rings (SSSR count). The predicted octanol–water partition coefficient (Wildman–Crippen LogP) is 1.99. The molecule has 8 heteroatoms. The molecule has 0 aromatic heterocycles. The van der Waals surface area contributed by atoms with E-state index in [1.807, 2.05) is 0 Å². The summed E-state index contributed by atoms with van der Waals surface area (Å²) in [6.07, 6.45) is 2.72. The van der Waals surface area contributed by atoms with E-state index >= 15 is 0 Å². The highest BCUT2D eigenvalue weighted by Gasteiger charge is 2.36. The third-order valence-electron chi connectivity index (χ3n) is 3.62. The van der Waals surface area contributed by atoms with Crippen LogP contribution in [0.1, 0.15) is 25.7 Å². The fraction of sp³-hybridized carbons (Fsp3) is 0.538. The number of sulfonamides is 1. The molecule has 0 heterocycles. The van der Waals surface area contributed by atoms with Gasteiger partial charge in [-0.05, 0) is 31.4 Å². The molecule has 0 amide bonds. The maximum absolute atomic E-state index is 14.1. The molecule has 5 nitrogen and oxygen atoms in total. The maximum atomic E-state index is 14.1. The number of rotatable bonds is 6. The van der Waals surface area contributed by atoms with Crippen LogP contribution >= 0.6 is 11.6 Å². The Morgan fingerprint density at radius 3 is 2.62 bits per heavy atom. The van der Waals surface area contributed by atoms with Crippen molar-refractivity contribution in [3.63, 3.8) is 0 Å². The third kappa shape index (κ3) is 3.31. The lowest BCUT2D eigenvalue weighted by molar-refractivity contribution is 0.198. The van der Waals surface area contributed by atoms with Crippen molar-refractivity contribution in [2.45, 2.75) is 36.6 Å². The van der Waals surface area contributed by atoms with Crippen LogP contribution in [0.2, 0.25) is 5.02 Å². The van der Waals surface area contributed by atoms with Gasteiger partial charge in [0, 0.05) is 24.9 Å². The van der Waals surface area contributed by atoms with E-state index in [9.17, 15) is 12.8 Å². The van der Waals surface area contributed by atoms with Gasteiger partial charge in [-0.3, -0.25) is 0 Å². The summed E-state index contributed by atoms with van der Waals surface area (Å²) in [7, 11) is -4.03. The van der Waals surface area contributed by atoms with Gasteiger partial charge in [0.25, 0.3) is 0 Å². The van der Waals surface area contributed by atoms with Crippen LogP contribution in [-0.2, 0) is 10.0 Å². The minimum atomic E-state index is -4.03. The lowest BCUT2D eigenvalue weighted by Gasteiger charge is -2.36. The Kier molecular flexibility index (Phi) is 5.08. The Labute approximate surface area is 128 Å². The quantitative estimate of drug-likeness (QED) is 0.778. The molecular formula is C13H18ClFN2O3S. The van der Waals surface area contributed by atoms with Crippen molar-refractivity contribution < 1.29 is 17.9 Å². The van der Waals surface area contributed by atoms with Crippen molar-refractivity contribution in [3.8, 4) is 0 Å². The van der Waals surface area contributed by atoms with Gasteiger partial charge in [0.15, 0.2) is 5.82 Å². The Hall–Kier alpha value is -0.890. The average Bonchev–Trinajstić information content (AvgIpc) is 2.36. The number of nitrogens with two attached hydrogens (primary N) is 1. The predicted molar refractivity (Wildman–Crippen MR) is 79.1 cm³/mol. The van der Waals surface area contributed by atoms with Gasteiger partial charge < -0.3 is 10.8 Å². The first-order valence-electron chi connectivity index (χ1n) is 6.75. The topological polar surface area (TPSA) is 83.6 Å². The number of nitrogen functional groups attached to an aromatic ring is 1. The van der Waals surface area contributed by atoms with Gasteiger partial charge in [-0.1, -0.05) is 18.0 Å². The van der Waals surface area contributed by atoms with Crippen LogP contribution in [0.15, 0.2) is 17.0 Å². The normalized spacial score (nSPS) is 16.2. The molecule has 1 aromatic rings. The number of anilines is 1. The minimum Gasteiger partial charge on any atom is -0.399 e. The molecule has 0 spiro atoms. The third-order valence-corrected chi connectivity index (χ3v) is 5.85. The number of nitrogens with zero attached hydrogens (tertiary/aromatic N) is 1. The smallest absolute Gasteiger partial charge is 0.246 e. The summed E-state index contributed by atoms with van der Waals surface area (Å²) in [6.45, 7) is 0.0221. The molecule has 0 bridgehead atoms. The number of benzene rings is 1. The fourth-order valence-electron chi connectivity index (χ4n) is 2.30. The van der Waals surface area contributed by atoms with Crippen molar-refractivity contribution in [1.29, 1.82) is 0 Å². The van der Waals surface area contributed by atoms with E-state index in [2.05, 4.69) is 0 Å². The van der Waals surface area contributed by atoms with Gasteiger partial charge in [0.05, 0.1) is 5.02 Å². The van der Waals surface area contributed by atoms with E-state index in [0.29, 0.717) is 6.42 Å². The molecule has 1 aliphatic carbocycles. The van der Waals surface area contributed by atoms with E-state index in [1.165, 1.54) is 10.4 Å². The second kappa shape index (κ2) is 6.48. The van der Waals surface area contributed by atoms with Gasteiger partial charge in [-0.15, -0.1) is 0 Å². The lowest BCUT2D eigenvalue weighted by atomic mass is 9.93. The summed E-state index contributed by atoms with van der Waals surface area (Å²) in [5.74, 6) is -0.987.